The minimum atomic E-state index is -2.98. The molecule has 1 rings (SSSR count). The Kier molecular flexibility index (Phi) is 6.24. The van der Waals surface area contributed by atoms with E-state index in [4.69, 9.17) is 5.73 Å². The number of hydrogen-bond donors (Lipinski definition) is 1. The van der Waals surface area contributed by atoms with Gasteiger partial charge in [0.1, 0.15) is 15.7 Å². The van der Waals surface area contributed by atoms with Crippen molar-refractivity contribution in [3.63, 3.8) is 0 Å². The first-order valence-corrected chi connectivity index (χ1v) is 8.37. The van der Waals surface area contributed by atoms with Crippen LogP contribution in [0.3, 0.4) is 0 Å². The van der Waals surface area contributed by atoms with Crippen molar-refractivity contribution >= 4 is 15.5 Å². The summed E-state index contributed by atoms with van der Waals surface area (Å²) in [5.41, 5.74) is 5.98. The Morgan fingerprint density at radius 1 is 1.21 bits per heavy atom. The number of anilines is 1. The number of sulfone groups is 1. The van der Waals surface area contributed by atoms with E-state index in [0.717, 1.165) is 6.42 Å². The van der Waals surface area contributed by atoms with Crippen molar-refractivity contribution in [2.24, 2.45) is 5.73 Å². The van der Waals surface area contributed by atoms with Crippen LogP contribution in [0.25, 0.3) is 0 Å². The first-order valence-electron chi connectivity index (χ1n) is 6.31. The number of nitrogens with zero attached hydrogens (tertiary/aromatic N) is 1. The molecule has 4 nitrogen and oxygen atoms in total. The van der Waals surface area contributed by atoms with Gasteiger partial charge in [-0.3, -0.25) is 0 Å². The van der Waals surface area contributed by atoms with Crippen molar-refractivity contribution in [3.8, 4) is 0 Å². The van der Waals surface area contributed by atoms with Gasteiger partial charge in [-0.2, -0.15) is 0 Å². The van der Waals surface area contributed by atoms with Crippen molar-refractivity contribution in [2.45, 2.75) is 12.8 Å². The smallest absolute Gasteiger partial charge is 0.147 e. The summed E-state index contributed by atoms with van der Waals surface area (Å²) < 4.78 is 36.0. The normalized spacial score (nSPS) is 11.5. The molecule has 108 valence electrons. The molecule has 19 heavy (non-hydrogen) atoms. The number of rotatable bonds is 8. The molecule has 0 heterocycles. The lowest BCUT2D eigenvalue weighted by Gasteiger charge is -2.25. The number of nitrogens with two attached hydrogens (primary N) is 1. The Balaban J connectivity index is 2.69. The van der Waals surface area contributed by atoms with E-state index in [1.807, 2.05) is 4.90 Å². The molecule has 0 spiro atoms. The average molecular weight is 288 g/mol. The van der Waals surface area contributed by atoms with Crippen molar-refractivity contribution in [3.05, 3.63) is 30.1 Å². The van der Waals surface area contributed by atoms with Crippen molar-refractivity contribution in [1.29, 1.82) is 0 Å². The van der Waals surface area contributed by atoms with E-state index < -0.39 is 9.84 Å². The number of halogens is 1. The third-order valence-electron chi connectivity index (χ3n) is 2.77. The van der Waals surface area contributed by atoms with Gasteiger partial charge in [0, 0.05) is 19.3 Å². The van der Waals surface area contributed by atoms with E-state index in [9.17, 15) is 12.8 Å². The molecule has 0 radical (unpaired) electrons. The molecule has 0 bridgehead atoms. The third-order valence-corrected chi connectivity index (χ3v) is 3.80. The summed E-state index contributed by atoms with van der Waals surface area (Å²) in [7, 11) is -2.98. The van der Waals surface area contributed by atoms with E-state index in [1.54, 1.807) is 18.2 Å². The first kappa shape index (κ1) is 15.9. The third kappa shape index (κ3) is 6.02. The topological polar surface area (TPSA) is 63.4 Å². The summed E-state index contributed by atoms with van der Waals surface area (Å²) in [6.45, 7) is 1.66. The molecule has 0 amide bonds. The van der Waals surface area contributed by atoms with Gasteiger partial charge in [0.05, 0.1) is 11.4 Å². The van der Waals surface area contributed by atoms with Crippen LogP contribution in [0.1, 0.15) is 12.8 Å². The maximum absolute atomic E-state index is 13.7. The molecule has 6 heteroatoms. The van der Waals surface area contributed by atoms with E-state index in [2.05, 4.69) is 0 Å². The van der Waals surface area contributed by atoms with Gasteiger partial charge >= 0.3 is 0 Å². The van der Waals surface area contributed by atoms with Gasteiger partial charge in [-0.25, -0.2) is 12.8 Å². The quantitative estimate of drug-likeness (QED) is 0.785. The lowest BCUT2D eigenvalue weighted by molar-refractivity contribution is 0.595. The summed E-state index contributed by atoms with van der Waals surface area (Å²) in [5, 5.41) is 0. The lowest BCUT2D eigenvalue weighted by Crippen LogP contribution is -2.29. The standard InChI is InChI=1S/C13H21FN2O2S/c1-19(17,18)11-5-10-16(9-4-8-15)13-7-3-2-6-12(13)14/h2-3,6-7H,4-5,8-11,15H2,1H3. The van der Waals surface area contributed by atoms with Crippen LogP contribution >= 0.6 is 0 Å². The fourth-order valence-electron chi connectivity index (χ4n) is 1.86. The highest BCUT2D eigenvalue weighted by Gasteiger charge is 2.11. The highest BCUT2D eigenvalue weighted by Crippen LogP contribution is 2.19. The van der Waals surface area contributed by atoms with Crippen LogP contribution in [0.2, 0.25) is 0 Å². The predicted octanol–water partition coefficient (Wildman–Crippen LogP) is 1.42. The molecular formula is C13H21FN2O2S. The van der Waals surface area contributed by atoms with Crippen LogP contribution in [0.15, 0.2) is 24.3 Å². The SMILES string of the molecule is CS(=O)(=O)CCCN(CCCN)c1ccccc1F. The molecular weight excluding hydrogens is 267 g/mol. The molecule has 0 unspecified atom stereocenters. The van der Waals surface area contributed by atoms with Crippen LogP contribution < -0.4 is 10.6 Å². The molecule has 0 aromatic heterocycles. The summed E-state index contributed by atoms with van der Waals surface area (Å²) in [6.07, 6.45) is 2.44. The van der Waals surface area contributed by atoms with E-state index in [-0.39, 0.29) is 11.6 Å². The fraction of sp³-hybridized carbons (Fsp3) is 0.538. The van der Waals surface area contributed by atoms with Gasteiger partial charge in [0.25, 0.3) is 0 Å². The Hall–Kier alpha value is -1.14. The highest BCUT2D eigenvalue weighted by molar-refractivity contribution is 7.90. The summed E-state index contributed by atoms with van der Waals surface area (Å²) in [4.78, 5) is 1.85. The zero-order chi connectivity index (χ0) is 14.3. The Morgan fingerprint density at radius 3 is 2.42 bits per heavy atom. The second kappa shape index (κ2) is 7.45. The summed E-state index contributed by atoms with van der Waals surface area (Å²) in [5.74, 6) is -0.181. The highest BCUT2D eigenvalue weighted by atomic mass is 32.2. The van der Waals surface area contributed by atoms with Crippen LogP contribution in [-0.4, -0.2) is 40.1 Å². The molecule has 0 atom stereocenters. The van der Waals surface area contributed by atoms with Gasteiger partial charge < -0.3 is 10.6 Å². The molecule has 1 aromatic carbocycles. The van der Waals surface area contributed by atoms with Crippen molar-refractivity contribution < 1.29 is 12.8 Å². The number of hydrogen-bond acceptors (Lipinski definition) is 4. The van der Waals surface area contributed by atoms with E-state index in [1.165, 1.54) is 12.3 Å². The molecule has 0 aliphatic heterocycles. The molecule has 0 aliphatic carbocycles. The van der Waals surface area contributed by atoms with Gasteiger partial charge in [-0.05, 0) is 31.5 Å². The summed E-state index contributed by atoms with van der Waals surface area (Å²) >= 11 is 0. The Labute approximate surface area is 114 Å². The minimum Gasteiger partial charge on any atom is -0.369 e. The molecule has 0 fully saturated rings. The van der Waals surface area contributed by atoms with E-state index >= 15 is 0 Å². The molecule has 2 N–H and O–H groups in total. The van der Waals surface area contributed by atoms with Crippen LogP contribution in [0.5, 0.6) is 0 Å². The molecule has 1 aromatic rings. The minimum absolute atomic E-state index is 0.112. The average Bonchev–Trinajstić information content (AvgIpc) is 2.33. The Bertz CT molecular complexity index is 491. The van der Waals surface area contributed by atoms with Crippen LogP contribution in [0, 0.1) is 5.82 Å². The summed E-state index contributed by atoms with van der Waals surface area (Å²) in [6, 6.07) is 6.51. The molecule has 0 saturated heterocycles. The van der Waals surface area contributed by atoms with Crippen molar-refractivity contribution in [2.75, 3.05) is 36.5 Å². The number of benzene rings is 1. The van der Waals surface area contributed by atoms with Gasteiger partial charge in [0.2, 0.25) is 0 Å². The maximum Gasteiger partial charge on any atom is 0.147 e. The van der Waals surface area contributed by atoms with Crippen LogP contribution in [-0.2, 0) is 9.84 Å². The van der Waals surface area contributed by atoms with Gasteiger partial charge in [-0.15, -0.1) is 0 Å². The van der Waals surface area contributed by atoms with Gasteiger partial charge in [-0.1, -0.05) is 12.1 Å². The lowest BCUT2D eigenvalue weighted by atomic mass is 10.2. The largest absolute Gasteiger partial charge is 0.369 e. The molecule has 0 saturated carbocycles. The zero-order valence-corrected chi connectivity index (χ0v) is 12.0. The second-order valence-corrected chi connectivity index (χ2v) is 6.82. The number of para-hydroxylation sites is 1. The first-order chi connectivity index (χ1) is 8.94. The second-order valence-electron chi connectivity index (χ2n) is 4.56. The van der Waals surface area contributed by atoms with Gasteiger partial charge in [0.15, 0.2) is 0 Å². The Morgan fingerprint density at radius 2 is 1.84 bits per heavy atom. The van der Waals surface area contributed by atoms with E-state index in [0.29, 0.717) is 31.7 Å². The van der Waals surface area contributed by atoms with Crippen molar-refractivity contribution in [1.82, 2.24) is 0 Å². The fourth-order valence-corrected chi connectivity index (χ4v) is 2.51. The molecule has 0 aliphatic rings. The van der Waals surface area contributed by atoms with Crippen LogP contribution in [0.4, 0.5) is 10.1 Å². The maximum atomic E-state index is 13.7. The predicted molar refractivity (Wildman–Crippen MR) is 76.6 cm³/mol. The monoisotopic (exact) mass is 288 g/mol. The zero-order valence-electron chi connectivity index (χ0n) is 11.2.